The summed E-state index contributed by atoms with van der Waals surface area (Å²) in [6.07, 6.45) is 4.57. The third-order valence-electron chi connectivity index (χ3n) is 5.85. The van der Waals surface area contributed by atoms with E-state index in [2.05, 4.69) is 41.8 Å². The zero-order valence-electron chi connectivity index (χ0n) is 17.6. The summed E-state index contributed by atoms with van der Waals surface area (Å²) in [5.74, 6) is 0. The summed E-state index contributed by atoms with van der Waals surface area (Å²) in [6, 6.07) is 0. The normalized spacial score (nSPS) is 12.8. The summed E-state index contributed by atoms with van der Waals surface area (Å²) < 4.78 is 13.8. The Morgan fingerprint density at radius 2 is 0.792 bits per heavy atom. The van der Waals surface area contributed by atoms with E-state index in [0.717, 1.165) is 48.2 Å². The van der Waals surface area contributed by atoms with Gasteiger partial charge in [-0.05, 0) is 40.5 Å². The average Bonchev–Trinajstić information content (AvgIpc) is 2.62. The van der Waals surface area contributed by atoms with Crippen LogP contribution in [0.15, 0.2) is 0 Å². The van der Waals surface area contributed by atoms with Crippen LogP contribution in [-0.4, -0.2) is 88.8 Å². The van der Waals surface area contributed by atoms with Gasteiger partial charge in [0.05, 0.1) is 66.6 Å². The van der Waals surface area contributed by atoms with Gasteiger partial charge in [0.2, 0.25) is 0 Å². The summed E-state index contributed by atoms with van der Waals surface area (Å²) in [7, 11) is 4.67. The summed E-state index contributed by atoms with van der Waals surface area (Å²) in [5, 5.41) is 0. The van der Waals surface area contributed by atoms with Gasteiger partial charge in [-0.1, -0.05) is 0 Å². The van der Waals surface area contributed by atoms with Crippen LogP contribution in [0.3, 0.4) is 0 Å². The van der Waals surface area contributed by atoms with E-state index in [9.17, 15) is 0 Å². The highest BCUT2D eigenvalue weighted by Gasteiger charge is 2.15. The highest BCUT2D eigenvalue weighted by Crippen LogP contribution is 2.04. The predicted octanol–water partition coefficient (Wildman–Crippen LogP) is 3.55. The molecular weight excluding hydrogens is 300 g/mol. The van der Waals surface area contributed by atoms with Crippen molar-refractivity contribution < 1.29 is 18.4 Å². The number of nitrogens with zero attached hydrogens (tertiary/aromatic N) is 2. The standard InChI is InChI=1S/C20H46N2O2/c1-7-21(5,8-2)15-13-19-23-17-11-12-18-24-20-14-16-22(6,9-3)10-4/h7-20H2,1-6H3/q+2. The molecular formula is C20H46N2O2+2. The van der Waals surface area contributed by atoms with Gasteiger partial charge in [0.15, 0.2) is 0 Å². The van der Waals surface area contributed by atoms with Crippen molar-refractivity contribution in [1.82, 2.24) is 0 Å². The lowest BCUT2D eigenvalue weighted by Crippen LogP contribution is -2.44. The molecule has 0 rings (SSSR count). The molecule has 0 aliphatic carbocycles. The maximum Gasteiger partial charge on any atom is 0.0806 e. The molecule has 0 bridgehead atoms. The number of unbranched alkanes of at least 4 members (excludes halogenated alkanes) is 1. The molecule has 0 aromatic carbocycles. The molecule has 4 nitrogen and oxygen atoms in total. The van der Waals surface area contributed by atoms with E-state index < -0.39 is 0 Å². The molecule has 0 atom stereocenters. The lowest BCUT2D eigenvalue weighted by molar-refractivity contribution is -0.906. The highest BCUT2D eigenvalue weighted by atomic mass is 16.5. The second-order valence-corrected chi connectivity index (χ2v) is 7.59. The van der Waals surface area contributed by atoms with Crippen LogP contribution >= 0.6 is 0 Å². The minimum Gasteiger partial charge on any atom is -0.381 e. The van der Waals surface area contributed by atoms with Gasteiger partial charge in [-0.25, -0.2) is 0 Å². The molecule has 0 aromatic heterocycles. The first-order valence-electron chi connectivity index (χ1n) is 10.3. The predicted molar refractivity (Wildman–Crippen MR) is 104 cm³/mol. The van der Waals surface area contributed by atoms with Crippen LogP contribution < -0.4 is 0 Å². The molecule has 4 heteroatoms. The maximum atomic E-state index is 5.75. The van der Waals surface area contributed by atoms with Crippen LogP contribution in [0.2, 0.25) is 0 Å². The Morgan fingerprint density at radius 3 is 1.08 bits per heavy atom. The Morgan fingerprint density at radius 1 is 0.500 bits per heavy atom. The maximum absolute atomic E-state index is 5.75. The van der Waals surface area contributed by atoms with Gasteiger partial charge in [0.1, 0.15) is 0 Å². The Balaban J connectivity index is 3.35. The first-order valence-corrected chi connectivity index (χ1v) is 10.3. The summed E-state index contributed by atoms with van der Waals surface area (Å²) in [6.45, 7) is 19.9. The fraction of sp³-hybridized carbons (Fsp3) is 1.00. The fourth-order valence-electron chi connectivity index (χ4n) is 2.79. The van der Waals surface area contributed by atoms with Gasteiger partial charge >= 0.3 is 0 Å². The van der Waals surface area contributed by atoms with E-state index in [1.165, 1.54) is 52.1 Å². The Labute approximate surface area is 152 Å². The van der Waals surface area contributed by atoms with Crippen molar-refractivity contribution in [3.05, 3.63) is 0 Å². The van der Waals surface area contributed by atoms with E-state index in [1.807, 2.05) is 0 Å². The molecule has 146 valence electrons. The van der Waals surface area contributed by atoms with E-state index >= 15 is 0 Å². The van der Waals surface area contributed by atoms with Gasteiger partial charge in [-0.3, -0.25) is 0 Å². The van der Waals surface area contributed by atoms with Crippen molar-refractivity contribution in [2.45, 2.75) is 53.4 Å². The fourth-order valence-corrected chi connectivity index (χ4v) is 2.79. The third kappa shape index (κ3) is 11.4. The van der Waals surface area contributed by atoms with E-state index in [-0.39, 0.29) is 0 Å². The van der Waals surface area contributed by atoms with Crippen molar-refractivity contribution in [3.8, 4) is 0 Å². The van der Waals surface area contributed by atoms with Crippen molar-refractivity contribution in [2.75, 3.05) is 79.8 Å². The number of hydrogen-bond donors (Lipinski definition) is 0. The molecule has 0 radical (unpaired) electrons. The molecule has 0 aromatic rings. The summed E-state index contributed by atoms with van der Waals surface area (Å²) in [5.41, 5.74) is 0. The smallest absolute Gasteiger partial charge is 0.0806 e. The monoisotopic (exact) mass is 346 g/mol. The van der Waals surface area contributed by atoms with E-state index in [0.29, 0.717) is 0 Å². The summed E-state index contributed by atoms with van der Waals surface area (Å²) >= 11 is 0. The van der Waals surface area contributed by atoms with E-state index in [1.54, 1.807) is 0 Å². The minimum atomic E-state index is 0.881. The topological polar surface area (TPSA) is 18.5 Å². The molecule has 0 aliphatic rings. The molecule has 0 saturated carbocycles. The average molecular weight is 347 g/mol. The lowest BCUT2D eigenvalue weighted by atomic mass is 10.3. The zero-order chi connectivity index (χ0) is 18.3. The molecule has 0 amide bonds. The van der Waals surface area contributed by atoms with Gasteiger partial charge in [-0.15, -0.1) is 0 Å². The van der Waals surface area contributed by atoms with Gasteiger partial charge < -0.3 is 18.4 Å². The molecule has 24 heavy (non-hydrogen) atoms. The van der Waals surface area contributed by atoms with Crippen molar-refractivity contribution in [3.63, 3.8) is 0 Å². The first kappa shape index (κ1) is 23.8. The Bertz CT molecular complexity index is 249. The third-order valence-corrected chi connectivity index (χ3v) is 5.85. The Kier molecular flexibility index (Phi) is 14.0. The highest BCUT2D eigenvalue weighted by molar-refractivity contribution is 4.43. The number of ether oxygens (including phenoxy) is 2. The van der Waals surface area contributed by atoms with Crippen LogP contribution in [0, 0.1) is 0 Å². The zero-order valence-corrected chi connectivity index (χ0v) is 17.6. The van der Waals surface area contributed by atoms with Crippen LogP contribution in [0.25, 0.3) is 0 Å². The molecule has 0 fully saturated rings. The first-order chi connectivity index (χ1) is 11.4. The Hall–Kier alpha value is -0.160. The van der Waals surface area contributed by atoms with Crippen LogP contribution in [0.4, 0.5) is 0 Å². The molecule has 0 aliphatic heterocycles. The van der Waals surface area contributed by atoms with Crippen molar-refractivity contribution >= 4 is 0 Å². The van der Waals surface area contributed by atoms with Crippen molar-refractivity contribution in [1.29, 1.82) is 0 Å². The second kappa shape index (κ2) is 14.1. The molecule has 0 saturated heterocycles. The number of rotatable bonds is 17. The van der Waals surface area contributed by atoms with Crippen LogP contribution in [0.5, 0.6) is 0 Å². The van der Waals surface area contributed by atoms with Crippen LogP contribution in [0.1, 0.15) is 53.4 Å². The van der Waals surface area contributed by atoms with E-state index in [4.69, 9.17) is 9.47 Å². The van der Waals surface area contributed by atoms with Gasteiger partial charge in [-0.2, -0.15) is 0 Å². The quantitative estimate of drug-likeness (QED) is 0.296. The minimum absolute atomic E-state index is 0.881. The molecule has 0 spiro atoms. The van der Waals surface area contributed by atoms with Gasteiger partial charge in [0.25, 0.3) is 0 Å². The largest absolute Gasteiger partial charge is 0.381 e. The molecule has 0 N–H and O–H groups in total. The van der Waals surface area contributed by atoms with Crippen LogP contribution in [-0.2, 0) is 9.47 Å². The van der Waals surface area contributed by atoms with Crippen molar-refractivity contribution in [2.24, 2.45) is 0 Å². The molecule has 0 heterocycles. The second-order valence-electron chi connectivity index (χ2n) is 7.59. The number of quaternary nitrogens is 2. The molecule has 0 unspecified atom stereocenters. The SMILES string of the molecule is CC[N+](C)(CC)CCCOCCCCOCCC[N+](C)(CC)CC. The lowest BCUT2D eigenvalue weighted by Gasteiger charge is -2.32. The summed E-state index contributed by atoms with van der Waals surface area (Å²) in [4.78, 5) is 0. The van der Waals surface area contributed by atoms with Gasteiger partial charge in [0, 0.05) is 26.1 Å². The number of hydrogen-bond acceptors (Lipinski definition) is 2.